The Bertz CT molecular complexity index is 1080. The van der Waals surface area contributed by atoms with Gasteiger partial charge in [-0.3, -0.25) is 0 Å². The lowest BCUT2D eigenvalue weighted by atomic mass is 10.0. The second-order valence-electron chi connectivity index (χ2n) is 7.88. The first kappa shape index (κ1) is 20.2. The molecule has 0 amide bonds. The van der Waals surface area contributed by atoms with E-state index >= 15 is 0 Å². The second kappa shape index (κ2) is 8.36. The molecule has 2 aromatic heterocycles. The molecule has 0 atom stereocenters. The van der Waals surface area contributed by atoms with Gasteiger partial charge in [-0.2, -0.15) is 0 Å². The first-order chi connectivity index (χ1) is 14.5. The average molecular weight is 405 g/mol. The van der Waals surface area contributed by atoms with Crippen molar-refractivity contribution in [3.63, 3.8) is 0 Å². The van der Waals surface area contributed by atoms with Gasteiger partial charge in [-0.15, -0.1) is 0 Å². The van der Waals surface area contributed by atoms with Gasteiger partial charge in [0.25, 0.3) is 0 Å². The number of fused-ring (bicyclic) bond motifs is 1. The van der Waals surface area contributed by atoms with Crippen LogP contribution in [0.1, 0.15) is 35.5 Å². The molecule has 5 nitrogen and oxygen atoms in total. The third-order valence-electron chi connectivity index (χ3n) is 5.52. The predicted molar refractivity (Wildman–Crippen MR) is 120 cm³/mol. The van der Waals surface area contributed by atoms with Gasteiger partial charge in [0.2, 0.25) is 0 Å². The maximum absolute atomic E-state index is 12.9. The molecule has 0 N–H and O–H groups in total. The lowest BCUT2D eigenvalue weighted by Gasteiger charge is -2.32. The average Bonchev–Trinajstić information content (AvgIpc) is 3.17. The number of rotatable bonds is 5. The number of esters is 1. The summed E-state index contributed by atoms with van der Waals surface area (Å²) in [6.45, 7) is 13.0. The predicted octanol–water partition coefficient (Wildman–Crippen LogP) is 4.78. The van der Waals surface area contributed by atoms with Crippen LogP contribution in [-0.4, -0.2) is 47.7 Å². The number of pyridine rings is 1. The zero-order valence-corrected chi connectivity index (χ0v) is 17.9. The van der Waals surface area contributed by atoms with Gasteiger partial charge < -0.3 is 18.8 Å². The topological polar surface area (TPSA) is 43.2 Å². The van der Waals surface area contributed by atoms with Gasteiger partial charge in [0.05, 0.1) is 41.8 Å². The molecule has 0 aliphatic carbocycles. The summed E-state index contributed by atoms with van der Waals surface area (Å²) < 4.78 is 13.2. The Labute approximate surface area is 177 Å². The summed E-state index contributed by atoms with van der Waals surface area (Å²) in [5, 5.41) is 0. The van der Waals surface area contributed by atoms with E-state index in [9.17, 15) is 4.79 Å². The molecule has 1 aliphatic heterocycles. The third-order valence-corrected chi connectivity index (χ3v) is 5.52. The van der Waals surface area contributed by atoms with Crippen molar-refractivity contribution in [3.8, 4) is 11.1 Å². The summed E-state index contributed by atoms with van der Waals surface area (Å²) in [5.74, 6) is -0.304. The molecule has 3 aromatic rings. The zero-order chi connectivity index (χ0) is 21.3. The molecule has 30 heavy (non-hydrogen) atoms. The fourth-order valence-corrected chi connectivity index (χ4v) is 4.03. The minimum absolute atomic E-state index is 0.181. The van der Waals surface area contributed by atoms with Crippen molar-refractivity contribution in [2.45, 2.75) is 26.9 Å². The van der Waals surface area contributed by atoms with Crippen molar-refractivity contribution in [1.29, 1.82) is 0 Å². The van der Waals surface area contributed by atoms with Crippen LogP contribution < -0.4 is 0 Å². The van der Waals surface area contributed by atoms with Crippen LogP contribution in [0.15, 0.2) is 55.2 Å². The van der Waals surface area contributed by atoms with Crippen LogP contribution in [0.4, 0.5) is 0 Å². The minimum Gasteiger partial charge on any atom is -0.459 e. The van der Waals surface area contributed by atoms with Gasteiger partial charge in [0, 0.05) is 24.8 Å². The molecule has 0 spiro atoms. The Morgan fingerprint density at radius 2 is 1.83 bits per heavy atom. The maximum Gasteiger partial charge on any atom is 0.338 e. The lowest BCUT2D eigenvalue weighted by molar-refractivity contribution is 0.0377. The van der Waals surface area contributed by atoms with Crippen LogP contribution in [0, 0.1) is 6.92 Å². The van der Waals surface area contributed by atoms with Crippen molar-refractivity contribution in [1.82, 2.24) is 9.30 Å². The molecule has 1 fully saturated rings. The Kier molecular flexibility index (Phi) is 5.64. The summed E-state index contributed by atoms with van der Waals surface area (Å²) in [6, 6.07) is 14.2. The van der Waals surface area contributed by atoms with Crippen LogP contribution in [0.3, 0.4) is 0 Å². The zero-order valence-electron chi connectivity index (χ0n) is 17.9. The number of carbonyl (C=O) groups is 1. The molecular weight excluding hydrogens is 376 g/mol. The fraction of sp³-hybridized carbons (Fsp3) is 0.320. The number of hydrogen-bond acceptors (Lipinski definition) is 4. The highest BCUT2D eigenvalue weighted by Crippen LogP contribution is 2.33. The van der Waals surface area contributed by atoms with Crippen LogP contribution >= 0.6 is 0 Å². The van der Waals surface area contributed by atoms with E-state index in [4.69, 9.17) is 9.47 Å². The number of nitrogens with zero attached hydrogens (tertiary/aromatic N) is 2. The number of hydrogen-bond donors (Lipinski definition) is 0. The van der Waals surface area contributed by atoms with Crippen LogP contribution in [0.2, 0.25) is 0 Å². The van der Waals surface area contributed by atoms with E-state index in [1.807, 2.05) is 45.0 Å². The number of benzene rings is 1. The van der Waals surface area contributed by atoms with E-state index in [0.717, 1.165) is 46.7 Å². The van der Waals surface area contributed by atoms with Gasteiger partial charge in [-0.05, 0) is 44.0 Å². The molecule has 0 saturated carbocycles. The van der Waals surface area contributed by atoms with Gasteiger partial charge in [-0.25, -0.2) is 4.79 Å². The largest absolute Gasteiger partial charge is 0.459 e. The highest BCUT2D eigenvalue weighted by atomic mass is 16.5. The Morgan fingerprint density at radius 1 is 1.13 bits per heavy atom. The lowest BCUT2D eigenvalue weighted by Crippen LogP contribution is -2.35. The van der Waals surface area contributed by atoms with E-state index in [2.05, 4.69) is 40.3 Å². The van der Waals surface area contributed by atoms with Gasteiger partial charge in [0.1, 0.15) is 0 Å². The third kappa shape index (κ3) is 3.73. The minimum atomic E-state index is -0.304. The van der Waals surface area contributed by atoms with Gasteiger partial charge in [0.15, 0.2) is 0 Å². The molecule has 1 aliphatic rings. The van der Waals surface area contributed by atoms with E-state index < -0.39 is 0 Å². The molecule has 3 heterocycles. The summed E-state index contributed by atoms with van der Waals surface area (Å²) in [5.41, 5.74) is 6.44. The normalized spacial score (nSPS) is 14.3. The molecule has 5 heteroatoms. The standard InChI is InChI=1S/C25H28N2O3/c1-17(2)30-25(28)22-16-23-21(20-8-6-5-7-9-20)10-11-27(23)24(18(22)3)19(4)26-12-14-29-15-13-26/h5-11,16-17H,4,12-15H2,1-3H3. The number of morpholine rings is 1. The Hall–Kier alpha value is -3.05. The molecule has 0 bridgehead atoms. The first-order valence-corrected chi connectivity index (χ1v) is 10.4. The molecule has 0 radical (unpaired) electrons. The SMILES string of the molecule is C=C(c1c(C)c(C(=O)OC(C)C)cc2c(-c3ccccc3)ccn12)N1CCOCC1. The summed E-state index contributed by atoms with van der Waals surface area (Å²) in [7, 11) is 0. The quantitative estimate of drug-likeness (QED) is 0.574. The molecule has 1 aromatic carbocycles. The Balaban J connectivity index is 1.92. The molecule has 0 unspecified atom stereocenters. The summed E-state index contributed by atoms with van der Waals surface area (Å²) in [6.07, 6.45) is 1.88. The number of aromatic nitrogens is 1. The molecule has 4 rings (SSSR count). The van der Waals surface area contributed by atoms with Crippen molar-refractivity contribution < 1.29 is 14.3 Å². The second-order valence-corrected chi connectivity index (χ2v) is 7.88. The van der Waals surface area contributed by atoms with E-state index in [1.165, 1.54) is 0 Å². The first-order valence-electron chi connectivity index (χ1n) is 10.4. The van der Waals surface area contributed by atoms with Crippen LogP contribution in [0.5, 0.6) is 0 Å². The fourth-order valence-electron chi connectivity index (χ4n) is 4.03. The van der Waals surface area contributed by atoms with Gasteiger partial charge >= 0.3 is 5.97 Å². The van der Waals surface area contributed by atoms with Crippen LogP contribution in [0.25, 0.3) is 22.3 Å². The molecule has 1 saturated heterocycles. The van der Waals surface area contributed by atoms with E-state index in [0.29, 0.717) is 18.8 Å². The van der Waals surface area contributed by atoms with Crippen molar-refractivity contribution in [2.75, 3.05) is 26.3 Å². The summed E-state index contributed by atoms with van der Waals surface area (Å²) in [4.78, 5) is 15.2. The smallest absolute Gasteiger partial charge is 0.338 e. The monoisotopic (exact) mass is 404 g/mol. The number of carbonyl (C=O) groups excluding carboxylic acids is 1. The maximum atomic E-state index is 12.9. The molecular formula is C25H28N2O3. The van der Waals surface area contributed by atoms with Crippen molar-refractivity contribution in [3.05, 3.63) is 72.1 Å². The Morgan fingerprint density at radius 3 is 2.50 bits per heavy atom. The summed E-state index contributed by atoms with van der Waals surface area (Å²) >= 11 is 0. The van der Waals surface area contributed by atoms with E-state index in [1.54, 1.807) is 0 Å². The van der Waals surface area contributed by atoms with Crippen molar-refractivity contribution >= 4 is 17.2 Å². The van der Waals surface area contributed by atoms with Gasteiger partial charge in [-0.1, -0.05) is 36.9 Å². The molecule has 156 valence electrons. The van der Waals surface area contributed by atoms with Crippen LogP contribution in [-0.2, 0) is 9.47 Å². The van der Waals surface area contributed by atoms with Crippen molar-refractivity contribution in [2.24, 2.45) is 0 Å². The highest BCUT2D eigenvalue weighted by molar-refractivity contribution is 5.96. The van der Waals surface area contributed by atoms with E-state index in [-0.39, 0.29) is 12.1 Å². The number of ether oxygens (including phenoxy) is 2. The highest BCUT2D eigenvalue weighted by Gasteiger charge is 2.24.